The van der Waals surface area contributed by atoms with E-state index in [0.29, 0.717) is 5.91 Å². The molecule has 1 saturated heterocycles. The summed E-state index contributed by atoms with van der Waals surface area (Å²) >= 11 is 0. The second-order valence-electron chi connectivity index (χ2n) is 5.41. The molecule has 0 spiro atoms. The van der Waals surface area contributed by atoms with E-state index in [0.717, 1.165) is 50.7 Å². The summed E-state index contributed by atoms with van der Waals surface area (Å²) in [5, 5.41) is 3.36. The van der Waals surface area contributed by atoms with Crippen molar-refractivity contribution in [2.75, 3.05) is 19.6 Å². The molecule has 2 rings (SSSR count). The molecule has 92 valence electrons. The number of carbonyl (C=O) groups excluding carboxylic acids is 1. The van der Waals surface area contributed by atoms with Crippen LogP contribution < -0.4 is 5.32 Å². The molecular formula is C13H24N2O. The highest BCUT2D eigenvalue weighted by molar-refractivity contribution is 5.82. The fraction of sp³-hybridized carbons (Fsp3) is 0.923. The van der Waals surface area contributed by atoms with Crippen LogP contribution in [-0.4, -0.2) is 36.5 Å². The lowest BCUT2D eigenvalue weighted by Crippen LogP contribution is -2.51. The number of likely N-dealkylation sites (tertiary alicyclic amines) is 1. The van der Waals surface area contributed by atoms with E-state index in [1.54, 1.807) is 0 Å². The Labute approximate surface area is 98.6 Å². The Morgan fingerprint density at radius 2 is 2.25 bits per heavy atom. The molecule has 3 heteroatoms. The van der Waals surface area contributed by atoms with Gasteiger partial charge in [-0.25, -0.2) is 0 Å². The second kappa shape index (κ2) is 5.17. The monoisotopic (exact) mass is 224 g/mol. The molecule has 1 aliphatic carbocycles. The van der Waals surface area contributed by atoms with Gasteiger partial charge in [0.05, 0.1) is 6.04 Å². The zero-order valence-corrected chi connectivity index (χ0v) is 10.5. The van der Waals surface area contributed by atoms with Gasteiger partial charge in [0.2, 0.25) is 5.91 Å². The van der Waals surface area contributed by atoms with Crippen LogP contribution in [0.2, 0.25) is 0 Å². The van der Waals surface area contributed by atoms with Crippen molar-refractivity contribution < 1.29 is 4.79 Å². The van der Waals surface area contributed by atoms with Gasteiger partial charge in [-0.05, 0) is 44.1 Å². The number of hydrogen-bond acceptors (Lipinski definition) is 2. The number of hydrogen-bond donors (Lipinski definition) is 1. The Morgan fingerprint density at radius 1 is 1.50 bits per heavy atom. The highest BCUT2D eigenvalue weighted by Gasteiger charge is 2.37. The molecule has 1 N–H and O–H groups in total. The molecule has 0 aromatic rings. The lowest BCUT2D eigenvalue weighted by molar-refractivity contribution is -0.136. The summed E-state index contributed by atoms with van der Waals surface area (Å²) in [7, 11) is 0. The van der Waals surface area contributed by atoms with Crippen LogP contribution in [0.15, 0.2) is 0 Å². The summed E-state index contributed by atoms with van der Waals surface area (Å²) in [6.45, 7) is 7.37. The summed E-state index contributed by atoms with van der Waals surface area (Å²) in [5.41, 5.74) is 0. The fourth-order valence-corrected chi connectivity index (χ4v) is 2.57. The predicted molar refractivity (Wildman–Crippen MR) is 65.2 cm³/mol. The smallest absolute Gasteiger partial charge is 0.239 e. The third-order valence-corrected chi connectivity index (χ3v) is 3.90. The second-order valence-corrected chi connectivity index (χ2v) is 5.41. The van der Waals surface area contributed by atoms with Crippen LogP contribution in [0.4, 0.5) is 0 Å². The van der Waals surface area contributed by atoms with E-state index < -0.39 is 0 Å². The van der Waals surface area contributed by atoms with Crippen molar-refractivity contribution in [1.82, 2.24) is 10.2 Å². The molecule has 0 aromatic heterocycles. The van der Waals surface area contributed by atoms with Gasteiger partial charge in [-0.2, -0.15) is 0 Å². The van der Waals surface area contributed by atoms with Crippen LogP contribution in [0.1, 0.15) is 39.5 Å². The maximum absolute atomic E-state index is 12.2. The Kier molecular flexibility index (Phi) is 3.85. The quantitative estimate of drug-likeness (QED) is 0.770. The van der Waals surface area contributed by atoms with E-state index in [1.165, 1.54) is 6.42 Å². The minimum atomic E-state index is 0.0998. The van der Waals surface area contributed by atoms with Gasteiger partial charge in [0.1, 0.15) is 0 Å². The van der Waals surface area contributed by atoms with Crippen LogP contribution in [-0.2, 0) is 4.79 Å². The van der Waals surface area contributed by atoms with Crippen molar-refractivity contribution in [2.45, 2.75) is 45.6 Å². The number of amides is 1. The minimum Gasteiger partial charge on any atom is -0.341 e. The Bertz CT molecular complexity index is 254. The molecule has 0 aromatic carbocycles. The first kappa shape index (κ1) is 11.9. The Balaban J connectivity index is 1.81. The van der Waals surface area contributed by atoms with Gasteiger partial charge < -0.3 is 10.2 Å². The summed E-state index contributed by atoms with van der Waals surface area (Å²) in [4.78, 5) is 14.3. The largest absolute Gasteiger partial charge is 0.341 e. The lowest BCUT2D eigenvalue weighted by Gasteiger charge is -2.33. The van der Waals surface area contributed by atoms with Crippen LogP contribution in [0.3, 0.4) is 0 Å². The molecule has 16 heavy (non-hydrogen) atoms. The van der Waals surface area contributed by atoms with Crippen molar-refractivity contribution in [2.24, 2.45) is 11.8 Å². The molecule has 3 nitrogen and oxygen atoms in total. The average molecular weight is 224 g/mol. The van der Waals surface area contributed by atoms with Gasteiger partial charge in [-0.3, -0.25) is 4.79 Å². The van der Waals surface area contributed by atoms with Crippen molar-refractivity contribution in [3.05, 3.63) is 0 Å². The molecule has 3 unspecified atom stereocenters. The first-order valence-electron chi connectivity index (χ1n) is 6.74. The van der Waals surface area contributed by atoms with Gasteiger partial charge in [0.15, 0.2) is 0 Å². The van der Waals surface area contributed by atoms with Crippen molar-refractivity contribution in [3.8, 4) is 0 Å². The van der Waals surface area contributed by atoms with Gasteiger partial charge in [0.25, 0.3) is 0 Å². The van der Waals surface area contributed by atoms with Crippen molar-refractivity contribution in [1.29, 1.82) is 0 Å². The number of rotatable bonds is 5. The maximum Gasteiger partial charge on any atom is 0.239 e. The normalized spacial score (nSPS) is 34.2. The summed E-state index contributed by atoms with van der Waals surface area (Å²) in [6.07, 6.45) is 4.60. The molecule has 2 aliphatic rings. The molecule has 0 radical (unpaired) electrons. The Morgan fingerprint density at radius 3 is 2.88 bits per heavy atom. The van der Waals surface area contributed by atoms with E-state index in [2.05, 4.69) is 24.1 Å². The predicted octanol–water partition coefficient (Wildman–Crippen LogP) is 1.63. The highest BCUT2D eigenvalue weighted by atomic mass is 16.2. The van der Waals surface area contributed by atoms with E-state index in [9.17, 15) is 4.79 Å². The van der Waals surface area contributed by atoms with Gasteiger partial charge in [0, 0.05) is 13.1 Å². The van der Waals surface area contributed by atoms with E-state index in [-0.39, 0.29) is 6.04 Å². The van der Waals surface area contributed by atoms with E-state index >= 15 is 0 Å². The van der Waals surface area contributed by atoms with Crippen molar-refractivity contribution >= 4 is 5.91 Å². The number of nitrogens with zero attached hydrogens (tertiary/aromatic N) is 1. The summed E-state index contributed by atoms with van der Waals surface area (Å²) in [6, 6.07) is 0.0998. The lowest BCUT2D eigenvalue weighted by atomic mass is 10.0. The highest BCUT2D eigenvalue weighted by Crippen LogP contribution is 2.38. The zero-order chi connectivity index (χ0) is 11.5. The maximum atomic E-state index is 12.2. The Hall–Kier alpha value is -0.570. The first-order valence-corrected chi connectivity index (χ1v) is 6.74. The zero-order valence-electron chi connectivity index (χ0n) is 10.5. The fourth-order valence-electron chi connectivity index (χ4n) is 2.57. The number of nitrogens with one attached hydrogen (secondary N) is 1. The third kappa shape index (κ3) is 2.76. The van der Waals surface area contributed by atoms with Gasteiger partial charge in [-0.1, -0.05) is 13.8 Å². The first-order chi connectivity index (χ1) is 7.72. The van der Waals surface area contributed by atoms with Gasteiger partial charge in [-0.15, -0.1) is 0 Å². The molecule has 0 bridgehead atoms. The average Bonchev–Trinajstić information content (AvgIpc) is 2.96. The van der Waals surface area contributed by atoms with Crippen LogP contribution in [0.5, 0.6) is 0 Å². The minimum absolute atomic E-state index is 0.0998. The van der Waals surface area contributed by atoms with E-state index in [1.807, 2.05) is 0 Å². The van der Waals surface area contributed by atoms with E-state index in [4.69, 9.17) is 0 Å². The van der Waals surface area contributed by atoms with Gasteiger partial charge >= 0.3 is 0 Å². The number of piperidine rings is 1. The molecule has 1 saturated carbocycles. The molecule has 1 amide bonds. The molecule has 2 fully saturated rings. The molecule has 3 atom stereocenters. The van der Waals surface area contributed by atoms with Crippen LogP contribution in [0.25, 0.3) is 0 Å². The van der Waals surface area contributed by atoms with Crippen LogP contribution >= 0.6 is 0 Å². The molecular weight excluding hydrogens is 200 g/mol. The third-order valence-electron chi connectivity index (χ3n) is 3.90. The number of carbonyl (C=O) groups is 1. The topological polar surface area (TPSA) is 32.3 Å². The summed E-state index contributed by atoms with van der Waals surface area (Å²) < 4.78 is 0. The molecule has 1 heterocycles. The van der Waals surface area contributed by atoms with Crippen LogP contribution in [0, 0.1) is 11.8 Å². The summed E-state index contributed by atoms with van der Waals surface area (Å²) in [5.74, 6) is 1.98. The van der Waals surface area contributed by atoms with Crippen molar-refractivity contribution in [3.63, 3.8) is 0 Å². The standard InChI is InChI=1S/C13H24N2O/c1-3-6-14-12-5-4-7-15(13(12)16)9-11-8-10(11)2/h10-12,14H,3-9H2,1-2H3. The SMILES string of the molecule is CCCNC1CCCN(CC2CC2C)C1=O. The molecule has 1 aliphatic heterocycles.